The summed E-state index contributed by atoms with van der Waals surface area (Å²) in [5, 5.41) is 0. The van der Waals surface area contributed by atoms with Crippen LogP contribution in [0.5, 0.6) is 0 Å². The van der Waals surface area contributed by atoms with Crippen LogP contribution in [0, 0.1) is 5.92 Å². The molecule has 140 valence electrons. The zero-order valence-electron chi connectivity index (χ0n) is 16.0. The summed E-state index contributed by atoms with van der Waals surface area (Å²) in [6.45, 7) is 6.33. The topological polar surface area (TPSA) is 24.9 Å². The third kappa shape index (κ3) is 5.70. The summed E-state index contributed by atoms with van der Waals surface area (Å²) >= 11 is 0. The molecular weight excluding hydrogens is 312 g/mol. The van der Waals surface area contributed by atoms with Gasteiger partial charge in [0.15, 0.2) is 0 Å². The molecule has 1 aromatic rings. The summed E-state index contributed by atoms with van der Waals surface area (Å²) < 4.78 is 10.9. The molecule has 25 heavy (non-hydrogen) atoms. The lowest BCUT2D eigenvalue weighted by Crippen LogP contribution is -2.36. The predicted molar refractivity (Wildman–Crippen MR) is 103 cm³/mol. The van der Waals surface area contributed by atoms with Gasteiger partial charge in [0.05, 0.1) is 6.10 Å². The second-order valence-corrected chi connectivity index (χ2v) is 7.67. The van der Waals surface area contributed by atoms with Gasteiger partial charge in [0.25, 0.3) is 0 Å². The van der Waals surface area contributed by atoms with Gasteiger partial charge >= 0.3 is 0 Å². The van der Waals surface area contributed by atoms with Crippen LogP contribution in [0.25, 0.3) is 0 Å². The molecule has 4 heteroatoms. The summed E-state index contributed by atoms with van der Waals surface area (Å²) in [5.74, 6) is 0.855. The molecule has 2 fully saturated rings. The van der Waals surface area contributed by atoms with Gasteiger partial charge < -0.3 is 19.3 Å². The van der Waals surface area contributed by atoms with E-state index < -0.39 is 0 Å². The van der Waals surface area contributed by atoms with E-state index >= 15 is 0 Å². The van der Waals surface area contributed by atoms with E-state index in [9.17, 15) is 0 Å². The Hall–Kier alpha value is -1.10. The first-order valence-corrected chi connectivity index (χ1v) is 9.87. The molecule has 0 atom stereocenters. The highest BCUT2D eigenvalue weighted by molar-refractivity contribution is 5.48. The molecule has 0 aliphatic carbocycles. The quantitative estimate of drug-likeness (QED) is 0.754. The van der Waals surface area contributed by atoms with Crippen LogP contribution in [-0.2, 0) is 16.0 Å². The molecule has 0 unspecified atom stereocenters. The van der Waals surface area contributed by atoms with Crippen molar-refractivity contribution in [2.45, 2.75) is 44.8 Å². The van der Waals surface area contributed by atoms with Crippen LogP contribution in [0.3, 0.4) is 0 Å². The molecule has 0 amide bonds. The van der Waals surface area contributed by atoms with Gasteiger partial charge in [0.2, 0.25) is 0 Å². The molecule has 0 bridgehead atoms. The summed E-state index contributed by atoms with van der Waals surface area (Å²) in [7, 11) is 4.07. The maximum Gasteiger partial charge on any atom is 0.0605 e. The Morgan fingerprint density at radius 3 is 2.40 bits per heavy atom. The van der Waals surface area contributed by atoms with Crippen LogP contribution >= 0.6 is 0 Å². The fraction of sp³-hybridized carbons (Fsp3) is 0.714. The predicted octanol–water partition coefficient (Wildman–Crippen LogP) is 3.55. The van der Waals surface area contributed by atoms with Crippen LogP contribution < -0.4 is 4.90 Å². The molecule has 1 aromatic carbocycles. The number of methoxy groups -OCH3 is 1. The van der Waals surface area contributed by atoms with Crippen molar-refractivity contribution < 1.29 is 9.47 Å². The van der Waals surface area contributed by atoms with Crippen molar-refractivity contribution in [1.29, 1.82) is 0 Å². The summed E-state index contributed by atoms with van der Waals surface area (Å²) in [5.41, 5.74) is 2.76. The molecule has 0 N–H and O–H groups in total. The number of benzene rings is 1. The van der Waals surface area contributed by atoms with E-state index in [0.717, 1.165) is 51.6 Å². The number of piperidine rings is 1. The maximum atomic E-state index is 5.47. The van der Waals surface area contributed by atoms with E-state index in [4.69, 9.17) is 9.47 Å². The smallest absolute Gasteiger partial charge is 0.0605 e. The second kappa shape index (κ2) is 9.56. The average molecular weight is 347 g/mol. The van der Waals surface area contributed by atoms with E-state index in [1.165, 1.54) is 37.1 Å². The first-order chi connectivity index (χ1) is 12.2. The van der Waals surface area contributed by atoms with Crippen molar-refractivity contribution in [3.8, 4) is 0 Å². The third-order valence-corrected chi connectivity index (χ3v) is 5.79. The Balaban J connectivity index is 1.42. The highest BCUT2D eigenvalue weighted by Gasteiger charge is 2.19. The lowest BCUT2D eigenvalue weighted by Gasteiger charge is -2.33. The fourth-order valence-electron chi connectivity index (χ4n) is 3.99. The van der Waals surface area contributed by atoms with Crippen molar-refractivity contribution in [2.24, 2.45) is 5.92 Å². The van der Waals surface area contributed by atoms with Crippen molar-refractivity contribution in [3.05, 3.63) is 29.8 Å². The Kier molecular flexibility index (Phi) is 7.14. The number of hydrogen-bond acceptors (Lipinski definition) is 4. The van der Waals surface area contributed by atoms with Crippen molar-refractivity contribution >= 4 is 5.69 Å². The minimum Gasteiger partial charge on any atom is -0.381 e. The van der Waals surface area contributed by atoms with Crippen molar-refractivity contribution in [2.75, 3.05) is 51.9 Å². The molecule has 2 aliphatic heterocycles. The summed E-state index contributed by atoms with van der Waals surface area (Å²) in [6, 6.07) is 9.16. The average Bonchev–Trinajstić information content (AvgIpc) is 2.68. The standard InChI is InChI=1S/C21H34N2O2/c1-22(12-7-18-10-15-25-16-11-18)17-19-3-5-20(6-4-19)23-13-8-21(24-2)9-14-23/h3-6,18,21H,7-17H2,1-2H3. The number of hydrogen-bond donors (Lipinski definition) is 0. The lowest BCUT2D eigenvalue weighted by molar-refractivity contribution is 0.0608. The normalized spacial score (nSPS) is 20.4. The van der Waals surface area contributed by atoms with Gasteiger partial charge in [-0.2, -0.15) is 0 Å². The van der Waals surface area contributed by atoms with Gasteiger partial charge in [0, 0.05) is 45.6 Å². The van der Waals surface area contributed by atoms with Gasteiger partial charge in [-0.15, -0.1) is 0 Å². The summed E-state index contributed by atoms with van der Waals surface area (Å²) in [6.07, 6.45) is 6.48. The van der Waals surface area contributed by atoms with E-state index in [-0.39, 0.29) is 0 Å². The second-order valence-electron chi connectivity index (χ2n) is 7.67. The van der Waals surface area contributed by atoms with Crippen molar-refractivity contribution in [1.82, 2.24) is 4.90 Å². The molecule has 0 spiro atoms. The number of ether oxygens (including phenoxy) is 2. The van der Waals surface area contributed by atoms with Crippen LogP contribution in [0.2, 0.25) is 0 Å². The maximum absolute atomic E-state index is 5.47. The minimum absolute atomic E-state index is 0.444. The Morgan fingerprint density at radius 2 is 1.76 bits per heavy atom. The highest BCUT2D eigenvalue weighted by Crippen LogP contribution is 2.22. The van der Waals surface area contributed by atoms with Gasteiger partial charge in [0.1, 0.15) is 0 Å². The molecule has 0 radical (unpaired) electrons. The summed E-state index contributed by atoms with van der Waals surface area (Å²) in [4.78, 5) is 4.93. The van der Waals surface area contributed by atoms with Crippen LogP contribution in [-0.4, -0.2) is 58.0 Å². The number of nitrogens with zero attached hydrogens (tertiary/aromatic N) is 2. The van der Waals surface area contributed by atoms with E-state index in [0.29, 0.717) is 6.10 Å². The molecule has 0 saturated carbocycles. The molecule has 4 nitrogen and oxygen atoms in total. The van der Waals surface area contributed by atoms with Crippen LogP contribution in [0.15, 0.2) is 24.3 Å². The van der Waals surface area contributed by atoms with Crippen LogP contribution in [0.1, 0.15) is 37.7 Å². The van der Waals surface area contributed by atoms with Crippen LogP contribution in [0.4, 0.5) is 5.69 Å². The molecule has 2 aliphatic rings. The van der Waals surface area contributed by atoms with E-state index in [1.807, 2.05) is 7.11 Å². The monoisotopic (exact) mass is 346 g/mol. The molecule has 2 heterocycles. The largest absolute Gasteiger partial charge is 0.381 e. The third-order valence-electron chi connectivity index (χ3n) is 5.79. The van der Waals surface area contributed by atoms with Gasteiger partial charge in [-0.1, -0.05) is 12.1 Å². The zero-order valence-corrected chi connectivity index (χ0v) is 16.0. The molecule has 3 rings (SSSR count). The van der Waals surface area contributed by atoms with Gasteiger partial charge in [-0.25, -0.2) is 0 Å². The SMILES string of the molecule is COC1CCN(c2ccc(CN(C)CCC3CCOCC3)cc2)CC1. The highest BCUT2D eigenvalue weighted by atomic mass is 16.5. The first kappa shape index (κ1) is 18.7. The van der Waals surface area contributed by atoms with E-state index in [2.05, 4.69) is 41.1 Å². The van der Waals surface area contributed by atoms with Gasteiger partial charge in [-0.3, -0.25) is 0 Å². The Morgan fingerprint density at radius 1 is 1.08 bits per heavy atom. The van der Waals surface area contributed by atoms with Crippen molar-refractivity contribution in [3.63, 3.8) is 0 Å². The minimum atomic E-state index is 0.444. The zero-order chi connectivity index (χ0) is 17.5. The van der Waals surface area contributed by atoms with Gasteiger partial charge in [-0.05, 0) is 69.3 Å². The Bertz CT molecular complexity index is 491. The molecule has 0 aromatic heterocycles. The van der Waals surface area contributed by atoms with E-state index in [1.54, 1.807) is 0 Å². The molecular formula is C21H34N2O2. The Labute approximate surface area is 153 Å². The first-order valence-electron chi connectivity index (χ1n) is 9.87. The molecule has 2 saturated heterocycles. The fourth-order valence-corrected chi connectivity index (χ4v) is 3.99. The number of rotatable bonds is 7. The lowest BCUT2D eigenvalue weighted by atomic mass is 9.96. The number of anilines is 1.